The van der Waals surface area contributed by atoms with Crippen molar-refractivity contribution in [1.29, 1.82) is 0 Å². The molecule has 10 heteroatoms. The zero-order valence-electron chi connectivity index (χ0n) is 7.31. The van der Waals surface area contributed by atoms with E-state index in [9.17, 15) is 31.5 Å². The molecule has 0 spiro atoms. The van der Waals surface area contributed by atoms with Crippen LogP contribution in [0.25, 0.3) is 0 Å². The standard InChI is InChI=1S/C6H4ClF5O4/c7-5(8,9)3(13)15-1-2-16-4(14)6(10,11)12/h1-2H2. The van der Waals surface area contributed by atoms with Gasteiger partial charge in [-0.25, -0.2) is 9.59 Å². The first-order chi connectivity index (χ1) is 7.05. The quantitative estimate of drug-likeness (QED) is 0.336. The van der Waals surface area contributed by atoms with E-state index >= 15 is 0 Å². The molecule has 0 aromatic carbocycles. The number of carbonyl (C=O) groups excluding carboxylic acids is 2. The third kappa shape index (κ3) is 5.69. The smallest absolute Gasteiger partial charge is 0.457 e. The summed E-state index contributed by atoms with van der Waals surface area (Å²) in [4.78, 5) is 20.3. The van der Waals surface area contributed by atoms with E-state index in [0.29, 0.717) is 0 Å². The highest BCUT2D eigenvalue weighted by molar-refractivity contribution is 6.31. The third-order valence-corrected chi connectivity index (χ3v) is 1.17. The molecular formula is C6H4ClF5O4. The van der Waals surface area contributed by atoms with Gasteiger partial charge in [0.15, 0.2) is 0 Å². The van der Waals surface area contributed by atoms with Gasteiger partial charge >= 0.3 is 23.5 Å². The van der Waals surface area contributed by atoms with E-state index in [-0.39, 0.29) is 0 Å². The average molecular weight is 271 g/mol. The number of halogens is 6. The van der Waals surface area contributed by atoms with Crippen LogP contribution in [0.3, 0.4) is 0 Å². The first-order valence-electron chi connectivity index (χ1n) is 3.53. The molecule has 0 saturated carbocycles. The Kier molecular flexibility index (Phi) is 4.91. The summed E-state index contributed by atoms with van der Waals surface area (Å²) in [7, 11) is 0. The second-order valence-corrected chi connectivity index (χ2v) is 2.74. The summed E-state index contributed by atoms with van der Waals surface area (Å²) in [5, 5.41) is -4.27. The highest BCUT2D eigenvalue weighted by Crippen LogP contribution is 2.20. The Bertz CT molecular complexity index is 243. The topological polar surface area (TPSA) is 52.6 Å². The molecule has 0 radical (unpaired) electrons. The number of carbonyl (C=O) groups is 2. The molecule has 0 heterocycles. The first-order valence-corrected chi connectivity index (χ1v) is 3.91. The van der Waals surface area contributed by atoms with E-state index in [1.54, 1.807) is 0 Å². The van der Waals surface area contributed by atoms with Gasteiger partial charge in [-0.05, 0) is 11.6 Å². The van der Waals surface area contributed by atoms with Gasteiger partial charge in [-0.3, -0.25) is 0 Å². The first kappa shape index (κ1) is 14.9. The van der Waals surface area contributed by atoms with Gasteiger partial charge in [0.1, 0.15) is 13.2 Å². The van der Waals surface area contributed by atoms with E-state index in [2.05, 4.69) is 21.1 Å². The Morgan fingerprint density at radius 3 is 1.62 bits per heavy atom. The minimum Gasteiger partial charge on any atom is -0.457 e. The largest absolute Gasteiger partial charge is 0.490 e. The third-order valence-electron chi connectivity index (χ3n) is 1.01. The van der Waals surface area contributed by atoms with Gasteiger partial charge in [-0.15, -0.1) is 0 Å². The summed E-state index contributed by atoms with van der Waals surface area (Å²) in [6, 6.07) is 0. The lowest BCUT2D eigenvalue weighted by atomic mass is 10.6. The number of hydrogen-bond acceptors (Lipinski definition) is 4. The Morgan fingerprint density at radius 1 is 0.938 bits per heavy atom. The normalized spacial score (nSPS) is 12.1. The monoisotopic (exact) mass is 270 g/mol. The SMILES string of the molecule is O=C(OCCOC(=O)C(F)(F)Cl)C(F)(F)F. The van der Waals surface area contributed by atoms with Crippen LogP contribution >= 0.6 is 11.6 Å². The Balaban J connectivity index is 3.79. The van der Waals surface area contributed by atoms with Crippen molar-refractivity contribution in [2.75, 3.05) is 13.2 Å². The van der Waals surface area contributed by atoms with Gasteiger partial charge in [0.05, 0.1) is 0 Å². The molecule has 0 aliphatic heterocycles. The molecule has 0 aliphatic rings. The van der Waals surface area contributed by atoms with Crippen molar-refractivity contribution in [3.8, 4) is 0 Å². The maximum atomic E-state index is 11.9. The molecule has 0 rings (SSSR count). The molecule has 0 N–H and O–H groups in total. The fraction of sp³-hybridized carbons (Fsp3) is 0.667. The van der Waals surface area contributed by atoms with Gasteiger partial charge in [0, 0.05) is 0 Å². The number of ether oxygens (including phenoxy) is 2. The minimum absolute atomic E-state index is 0.955. The van der Waals surface area contributed by atoms with Crippen LogP contribution in [0.15, 0.2) is 0 Å². The average Bonchev–Trinajstić information content (AvgIpc) is 2.08. The van der Waals surface area contributed by atoms with Crippen LogP contribution in [0, 0.1) is 0 Å². The van der Waals surface area contributed by atoms with Crippen molar-refractivity contribution in [2.24, 2.45) is 0 Å². The van der Waals surface area contributed by atoms with Crippen LogP contribution in [0.5, 0.6) is 0 Å². The van der Waals surface area contributed by atoms with Crippen molar-refractivity contribution >= 4 is 23.5 Å². The Morgan fingerprint density at radius 2 is 1.31 bits per heavy atom. The second kappa shape index (κ2) is 5.28. The van der Waals surface area contributed by atoms with Crippen molar-refractivity contribution in [1.82, 2.24) is 0 Å². The van der Waals surface area contributed by atoms with Crippen molar-refractivity contribution in [2.45, 2.75) is 11.6 Å². The molecule has 0 atom stereocenters. The molecule has 94 valence electrons. The van der Waals surface area contributed by atoms with Crippen molar-refractivity contribution < 1.29 is 41.0 Å². The maximum absolute atomic E-state index is 11.9. The van der Waals surface area contributed by atoms with E-state index in [4.69, 9.17) is 0 Å². The van der Waals surface area contributed by atoms with Gasteiger partial charge < -0.3 is 9.47 Å². The Hall–Kier alpha value is -1.12. The highest BCUT2D eigenvalue weighted by atomic mass is 35.5. The van der Waals surface area contributed by atoms with Crippen LogP contribution in [0.2, 0.25) is 0 Å². The lowest BCUT2D eigenvalue weighted by molar-refractivity contribution is -0.201. The Labute approximate surface area is 90.2 Å². The molecular weight excluding hydrogens is 267 g/mol. The summed E-state index contributed by atoms with van der Waals surface area (Å²) in [5.41, 5.74) is 0. The van der Waals surface area contributed by atoms with Crippen LogP contribution in [0.4, 0.5) is 22.0 Å². The van der Waals surface area contributed by atoms with Crippen LogP contribution in [-0.2, 0) is 19.1 Å². The van der Waals surface area contributed by atoms with Gasteiger partial charge in [-0.2, -0.15) is 22.0 Å². The molecule has 0 saturated heterocycles. The molecule has 0 fully saturated rings. The fourth-order valence-corrected chi connectivity index (χ4v) is 0.487. The van der Waals surface area contributed by atoms with E-state index < -0.39 is 36.7 Å². The van der Waals surface area contributed by atoms with Crippen molar-refractivity contribution in [3.63, 3.8) is 0 Å². The summed E-state index contributed by atoms with van der Waals surface area (Å²) in [6.45, 7) is -1.96. The van der Waals surface area contributed by atoms with Gasteiger partial charge in [-0.1, -0.05) is 0 Å². The van der Waals surface area contributed by atoms with Crippen molar-refractivity contribution in [3.05, 3.63) is 0 Å². The van der Waals surface area contributed by atoms with Crippen LogP contribution in [-0.4, -0.2) is 36.7 Å². The molecule has 0 unspecified atom stereocenters. The van der Waals surface area contributed by atoms with Gasteiger partial charge in [0.25, 0.3) is 0 Å². The molecule has 0 bridgehead atoms. The fourth-order valence-electron chi connectivity index (χ4n) is 0.432. The van der Waals surface area contributed by atoms with Gasteiger partial charge in [0.2, 0.25) is 0 Å². The maximum Gasteiger partial charge on any atom is 0.490 e. The molecule has 0 aromatic rings. The predicted octanol–water partition coefficient (Wildman–Crippen LogP) is 1.47. The molecule has 0 aliphatic carbocycles. The highest BCUT2D eigenvalue weighted by Gasteiger charge is 2.41. The second-order valence-electron chi connectivity index (χ2n) is 2.27. The zero-order chi connectivity index (χ0) is 13.0. The molecule has 16 heavy (non-hydrogen) atoms. The van der Waals surface area contributed by atoms with Crippen LogP contribution < -0.4 is 0 Å². The van der Waals surface area contributed by atoms with E-state index in [0.717, 1.165) is 0 Å². The number of hydrogen-bond donors (Lipinski definition) is 0. The van der Waals surface area contributed by atoms with E-state index in [1.165, 1.54) is 0 Å². The summed E-state index contributed by atoms with van der Waals surface area (Å²) in [6.07, 6.45) is -5.19. The summed E-state index contributed by atoms with van der Waals surface area (Å²) >= 11 is 4.20. The van der Waals surface area contributed by atoms with E-state index in [1.807, 2.05) is 0 Å². The summed E-state index contributed by atoms with van der Waals surface area (Å²) < 4.78 is 65.5. The minimum atomic E-state index is -5.19. The number of rotatable bonds is 4. The van der Waals surface area contributed by atoms with Crippen LogP contribution in [0.1, 0.15) is 0 Å². The molecule has 0 amide bonds. The number of esters is 2. The molecule has 0 aromatic heterocycles. The predicted molar refractivity (Wildman–Crippen MR) is 38.8 cm³/mol. The zero-order valence-corrected chi connectivity index (χ0v) is 8.07. The molecule has 4 nitrogen and oxygen atoms in total. The number of alkyl halides is 6. The lowest BCUT2D eigenvalue weighted by Crippen LogP contribution is -2.29. The summed E-state index contributed by atoms with van der Waals surface area (Å²) in [5.74, 6) is -4.65. The lowest BCUT2D eigenvalue weighted by Gasteiger charge is -2.09.